The number of esters is 1. The molecule has 2 bridgehead atoms. The Labute approximate surface area is 245 Å². The third kappa shape index (κ3) is 5.52. The quantitative estimate of drug-likeness (QED) is 0.145. The first-order chi connectivity index (χ1) is 19.2. The van der Waals surface area contributed by atoms with Crippen LogP contribution in [0, 0.1) is 25.7 Å². The number of aryl methyl sites for hydroxylation is 2. The third-order valence-electron chi connectivity index (χ3n) is 8.40. The number of halogens is 1. The number of carbonyl (C=O) groups is 3. The molecule has 6 atom stereocenters. The molecule has 8 nitrogen and oxygen atoms in total. The molecule has 0 aliphatic carbocycles. The Morgan fingerprint density at radius 1 is 1.23 bits per heavy atom. The van der Waals surface area contributed by atoms with Gasteiger partial charge in [-0.3, -0.25) is 14.4 Å². The minimum absolute atomic E-state index is 0.124. The van der Waals surface area contributed by atoms with E-state index in [0.29, 0.717) is 32.2 Å². The van der Waals surface area contributed by atoms with Crippen LogP contribution in [0.25, 0.3) is 0 Å². The molecule has 3 saturated heterocycles. The molecule has 3 unspecified atom stereocenters. The standard InChI is InChI=1S/C31H41BrN2O6/c1-5-7-17-39-30(38)24-25-28(36)34(15-10-8-9-11-16-35)27(31(25)19-22(32)26(24)40-31)29(37)33(14-6-2)23-18-20(3)12-13-21(23)4/h5-6,12-13,18,22,24-27,35H,1-2,7-11,14-17,19H2,3-4H3/t22?,24-,25+,26-,27?,31?/m1/s1. The first-order valence-corrected chi connectivity index (χ1v) is 15.1. The molecule has 0 radical (unpaired) electrons. The molecule has 9 heteroatoms. The summed E-state index contributed by atoms with van der Waals surface area (Å²) < 4.78 is 12.1. The number of aliphatic hydroxyl groups excluding tert-OH is 1. The first kappa shape index (κ1) is 30.5. The van der Waals surface area contributed by atoms with Gasteiger partial charge in [0.1, 0.15) is 11.6 Å². The van der Waals surface area contributed by atoms with Crippen molar-refractivity contribution in [1.29, 1.82) is 0 Å². The van der Waals surface area contributed by atoms with Crippen molar-refractivity contribution in [1.82, 2.24) is 4.90 Å². The molecule has 0 saturated carbocycles. The van der Waals surface area contributed by atoms with Gasteiger partial charge < -0.3 is 24.4 Å². The van der Waals surface area contributed by atoms with E-state index >= 15 is 0 Å². The van der Waals surface area contributed by atoms with Crippen molar-refractivity contribution in [3.8, 4) is 0 Å². The summed E-state index contributed by atoms with van der Waals surface area (Å²) in [7, 11) is 0. The maximum absolute atomic E-state index is 14.6. The molecule has 218 valence electrons. The Hall–Kier alpha value is -2.49. The normalized spacial score (nSPS) is 28.4. The lowest BCUT2D eigenvalue weighted by Crippen LogP contribution is -2.57. The van der Waals surface area contributed by atoms with Crippen molar-refractivity contribution >= 4 is 39.4 Å². The van der Waals surface area contributed by atoms with Crippen LogP contribution < -0.4 is 4.90 Å². The van der Waals surface area contributed by atoms with Crippen LogP contribution in [0.4, 0.5) is 5.69 Å². The van der Waals surface area contributed by atoms with Crippen LogP contribution >= 0.6 is 15.9 Å². The lowest BCUT2D eigenvalue weighted by molar-refractivity contribution is -0.154. The van der Waals surface area contributed by atoms with E-state index in [4.69, 9.17) is 14.6 Å². The van der Waals surface area contributed by atoms with Crippen LogP contribution in [0.3, 0.4) is 0 Å². The molecule has 3 heterocycles. The van der Waals surface area contributed by atoms with Crippen molar-refractivity contribution in [3.63, 3.8) is 0 Å². The molecule has 1 aromatic rings. The van der Waals surface area contributed by atoms with Crippen LogP contribution in [-0.4, -0.2) is 76.7 Å². The third-order valence-corrected chi connectivity index (χ3v) is 9.25. The summed E-state index contributed by atoms with van der Waals surface area (Å²) in [6.45, 7) is 12.5. The van der Waals surface area contributed by atoms with Gasteiger partial charge in [-0.1, -0.05) is 53.1 Å². The number of likely N-dealkylation sites (tertiary alicyclic amines) is 1. The van der Waals surface area contributed by atoms with Gasteiger partial charge in [0.25, 0.3) is 5.91 Å². The highest BCUT2D eigenvalue weighted by Crippen LogP contribution is 2.60. The van der Waals surface area contributed by atoms with Gasteiger partial charge in [-0.2, -0.15) is 0 Å². The summed E-state index contributed by atoms with van der Waals surface area (Å²) in [5, 5.41) is 9.17. The average molecular weight is 618 g/mol. The zero-order valence-corrected chi connectivity index (χ0v) is 25.1. The number of anilines is 1. The molecular formula is C31H41BrN2O6. The minimum Gasteiger partial charge on any atom is -0.465 e. The monoisotopic (exact) mass is 616 g/mol. The molecule has 2 amide bonds. The number of unbranched alkanes of at least 4 members (excludes halogenated alkanes) is 3. The second kappa shape index (κ2) is 13.0. The zero-order valence-electron chi connectivity index (χ0n) is 23.5. The Morgan fingerprint density at radius 2 is 1.98 bits per heavy atom. The second-order valence-electron chi connectivity index (χ2n) is 11.1. The van der Waals surface area contributed by atoms with E-state index in [0.717, 1.165) is 29.7 Å². The van der Waals surface area contributed by atoms with E-state index in [1.165, 1.54) is 0 Å². The van der Waals surface area contributed by atoms with Crippen LogP contribution in [0.1, 0.15) is 49.7 Å². The van der Waals surface area contributed by atoms with Gasteiger partial charge in [-0.25, -0.2) is 0 Å². The molecule has 3 aliphatic rings. The summed E-state index contributed by atoms with van der Waals surface area (Å²) in [4.78, 5) is 45.3. The Kier molecular flexibility index (Phi) is 9.90. The van der Waals surface area contributed by atoms with Gasteiger partial charge in [0, 0.05) is 30.2 Å². The average Bonchev–Trinajstić information content (AvgIpc) is 3.52. The minimum atomic E-state index is -1.14. The van der Waals surface area contributed by atoms with Gasteiger partial charge in [0.05, 0.1) is 24.5 Å². The fourth-order valence-electron chi connectivity index (χ4n) is 6.60. The molecular weight excluding hydrogens is 576 g/mol. The van der Waals surface area contributed by atoms with Crippen molar-refractivity contribution in [2.75, 3.05) is 31.2 Å². The summed E-state index contributed by atoms with van der Waals surface area (Å²) in [5.41, 5.74) is 1.58. The number of ether oxygens (including phenoxy) is 2. The van der Waals surface area contributed by atoms with E-state index < -0.39 is 35.6 Å². The number of fused-ring (bicyclic) bond motifs is 1. The Balaban J connectivity index is 1.73. The number of hydrogen-bond donors (Lipinski definition) is 1. The number of amides is 2. The summed E-state index contributed by atoms with van der Waals surface area (Å²) in [5.74, 6) is -2.52. The van der Waals surface area contributed by atoms with Crippen molar-refractivity contribution < 1.29 is 29.0 Å². The topological polar surface area (TPSA) is 96.4 Å². The lowest BCUT2D eigenvalue weighted by Gasteiger charge is -2.37. The fraction of sp³-hybridized carbons (Fsp3) is 0.581. The fourth-order valence-corrected chi connectivity index (χ4v) is 7.54. The summed E-state index contributed by atoms with van der Waals surface area (Å²) in [6, 6.07) is 5.07. The van der Waals surface area contributed by atoms with E-state index in [-0.39, 0.29) is 36.4 Å². The number of aliphatic hydroxyl groups is 1. The van der Waals surface area contributed by atoms with E-state index in [1.54, 1.807) is 22.0 Å². The number of alkyl halides is 1. The highest BCUT2D eigenvalue weighted by Gasteiger charge is 2.77. The summed E-state index contributed by atoms with van der Waals surface area (Å²) in [6.07, 6.45) is 6.77. The molecule has 3 aliphatic heterocycles. The molecule has 0 aromatic heterocycles. The molecule has 1 N–H and O–H groups in total. The van der Waals surface area contributed by atoms with E-state index in [2.05, 4.69) is 29.1 Å². The van der Waals surface area contributed by atoms with Crippen LogP contribution in [-0.2, 0) is 23.9 Å². The molecule has 4 rings (SSSR count). The molecule has 3 fully saturated rings. The number of nitrogens with zero attached hydrogens (tertiary/aromatic N) is 2. The van der Waals surface area contributed by atoms with Gasteiger partial charge in [-0.15, -0.1) is 13.2 Å². The van der Waals surface area contributed by atoms with Gasteiger partial charge in [-0.05, 0) is 56.7 Å². The first-order valence-electron chi connectivity index (χ1n) is 14.2. The van der Waals surface area contributed by atoms with Crippen molar-refractivity contribution in [3.05, 3.63) is 54.6 Å². The summed E-state index contributed by atoms with van der Waals surface area (Å²) >= 11 is 3.71. The molecule has 1 aromatic carbocycles. The van der Waals surface area contributed by atoms with Gasteiger partial charge in [0.15, 0.2) is 0 Å². The highest BCUT2D eigenvalue weighted by molar-refractivity contribution is 9.09. The SMILES string of the molecule is C=CCCOC(=O)[C@H]1[C@@H]2OC3(CC2Br)C(C(=O)N(CC=C)c2cc(C)ccc2C)N(CCCCCCO)C(=O)[C@H]13. The Bertz CT molecular complexity index is 1140. The van der Waals surface area contributed by atoms with Crippen LogP contribution in [0.15, 0.2) is 43.5 Å². The molecule has 1 spiro atoms. The lowest BCUT2D eigenvalue weighted by atomic mass is 9.70. The van der Waals surface area contributed by atoms with Crippen molar-refractivity contribution in [2.45, 2.75) is 74.9 Å². The maximum atomic E-state index is 14.6. The number of rotatable bonds is 14. The smallest absolute Gasteiger partial charge is 0.312 e. The van der Waals surface area contributed by atoms with Crippen LogP contribution in [0.2, 0.25) is 0 Å². The second-order valence-corrected chi connectivity index (χ2v) is 12.3. The number of carbonyl (C=O) groups excluding carboxylic acids is 3. The zero-order chi connectivity index (χ0) is 29.0. The predicted octanol–water partition coefficient (Wildman–Crippen LogP) is 4.24. The van der Waals surface area contributed by atoms with Gasteiger partial charge in [0.2, 0.25) is 5.91 Å². The largest absolute Gasteiger partial charge is 0.465 e. The number of hydrogen-bond acceptors (Lipinski definition) is 6. The number of benzene rings is 1. The highest BCUT2D eigenvalue weighted by atomic mass is 79.9. The van der Waals surface area contributed by atoms with Gasteiger partial charge >= 0.3 is 5.97 Å². The van der Waals surface area contributed by atoms with E-state index in [9.17, 15) is 14.4 Å². The predicted molar refractivity (Wildman–Crippen MR) is 157 cm³/mol. The van der Waals surface area contributed by atoms with Crippen molar-refractivity contribution in [2.24, 2.45) is 11.8 Å². The maximum Gasteiger partial charge on any atom is 0.312 e. The van der Waals surface area contributed by atoms with Crippen LogP contribution in [0.5, 0.6) is 0 Å². The molecule has 40 heavy (non-hydrogen) atoms. The Morgan fingerprint density at radius 3 is 2.67 bits per heavy atom. The van der Waals surface area contributed by atoms with E-state index in [1.807, 2.05) is 32.0 Å².